The van der Waals surface area contributed by atoms with Crippen molar-refractivity contribution < 1.29 is 14.0 Å². The molecule has 2 atom stereocenters. The lowest BCUT2D eigenvalue weighted by molar-refractivity contribution is -0.142. The Hall–Kier alpha value is -2.37. The van der Waals surface area contributed by atoms with Crippen LogP contribution in [0.2, 0.25) is 0 Å². The summed E-state index contributed by atoms with van der Waals surface area (Å²) in [7, 11) is 0. The number of carbonyl (C=O) groups is 2. The van der Waals surface area contributed by atoms with Crippen LogP contribution in [-0.4, -0.2) is 21.7 Å². The van der Waals surface area contributed by atoms with Gasteiger partial charge in [-0.3, -0.25) is 14.5 Å². The maximum absolute atomic E-state index is 11.8. The number of fused-ring (bicyclic) bond motifs is 2. The molecule has 2 N–H and O–H groups in total. The highest BCUT2D eigenvalue weighted by atomic mass is 16.3. The number of anilines is 1. The number of aromatic nitrogens is 1. The maximum Gasteiger partial charge on any atom is 0.233 e. The molecule has 1 aliphatic heterocycles. The Morgan fingerprint density at radius 2 is 2.05 bits per heavy atom. The van der Waals surface area contributed by atoms with E-state index in [2.05, 4.69) is 4.98 Å². The van der Waals surface area contributed by atoms with E-state index < -0.39 is 0 Å². The van der Waals surface area contributed by atoms with E-state index in [1.807, 2.05) is 0 Å². The molecule has 1 aliphatic carbocycles. The Morgan fingerprint density at radius 3 is 2.79 bits per heavy atom. The van der Waals surface area contributed by atoms with Crippen LogP contribution in [0.4, 0.5) is 5.69 Å². The number of benzene rings is 1. The molecule has 1 saturated carbocycles. The number of nitrogens with zero attached hydrogens (tertiary/aromatic N) is 2. The van der Waals surface area contributed by atoms with Crippen LogP contribution in [0.5, 0.6) is 0 Å². The molecule has 6 heteroatoms. The van der Waals surface area contributed by atoms with Crippen LogP contribution in [0.1, 0.15) is 12.3 Å². The number of rotatable bonds is 2. The summed E-state index contributed by atoms with van der Waals surface area (Å²) in [5.41, 5.74) is 7.51. The largest absolute Gasteiger partial charge is 0.439 e. The smallest absolute Gasteiger partial charge is 0.233 e. The Bertz CT molecular complexity index is 701. The van der Waals surface area contributed by atoms with Crippen molar-refractivity contribution in [1.82, 2.24) is 9.88 Å². The highest BCUT2D eigenvalue weighted by molar-refractivity contribution is 6.08. The van der Waals surface area contributed by atoms with Crippen molar-refractivity contribution in [3.8, 4) is 0 Å². The summed E-state index contributed by atoms with van der Waals surface area (Å²) in [4.78, 5) is 29.2. The molecule has 1 saturated heterocycles. The standard InChI is InChI=1S/C13H11N3O3/c14-6-1-2-10-9(3-6)15-11(19-10)5-16-12(17)7-4-8(7)13(16)18/h1-3,7-8H,4-5,14H2. The molecule has 2 heterocycles. The normalized spacial score (nSPS) is 25.2. The summed E-state index contributed by atoms with van der Waals surface area (Å²) in [6.45, 7) is 0.110. The summed E-state index contributed by atoms with van der Waals surface area (Å²) >= 11 is 0. The molecular formula is C13H11N3O3. The summed E-state index contributed by atoms with van der Waals surface area (Å²) in [6, 6.07) is 5.15. The number of imide groups is 1. The number of hydrogen-bond acceptors (Lipinski definition) is 5. The molecule has 6 nitrogen and oxygen atoms in total. The van der Waals surface area contributed by atoms with Gasteiger partial charge in [0.05, 0.1) is 11.8 Å². The van der Waals surface area contributed by atoms with Crippen LogP contribution in [0.25, 0.3) is 11.1 Å². The Balaban J connectivity index is 1.65. The van der Waals surface area contributed by atoms with Crippen molar-refractivity contribution in [2.24, 2.45) is 11.8 Å². The van der Waals surface area contributed by atoms with Crippen LogP contribution in [0.3, 0.4) is 0 Å². The molecule has 2 unspecified atom stereocenters. The molecule has 1 aromatic carbocycles. The van der Waals surface area contributed by atoms with Gasteiger partial charge in [0.25, 0.3) is 0 Å². The SMILES string of the molecule is Nc1ccc2oc(CN3C(=O)C4CC4C3=O)nc2c1. The fourth-order valence-electron chi connectivity index (χ4n) is 2.60. The molecule has 2 aliphatic rings. The fourth-order valence-corrected chi connectivity index (χ4v) is 2.60. The average Bonchev–Trinajstić information content (AvgIpc) is 3.03. The molecule has 2 fully saturated rings. The summed E-state index contributed by atoms with van der Waals surface area (Å²) < 4.78 is 5.52. The zero-order chi connectivity index (χ0) is 13.1. The van der Waals surface area contributed by atoms with Crippen molar-refractivity contribution in [2.75, 3.05) is 5.73 Å². The second-order valence-electron chi connectivity index (χ2n) is 5.05. The number of nitrogens with two attached hydrogens (primary N) is 1. The molecule has 0 radical (unpaired) electrons. The number of amides is 2. The summed E-state index contributed by atoms with van der Waals surface area (Å²) in [5.74, 6) is -0.0165. The number of hydrogen-bond donors (Lipinski definition) is 1. The first-order valence-electron chi connectivity index (χ1n) is 6.13. The van der Waals surface area contributed by atoms with Gasteiger partial charge < -0.3 is 10.2 Å². The summed E-state index contributed by atoms with van der Waals surface area (Å²) in [6.07, 6.45) is 0.707. The first-order valence-corrected chi connectivity index (χ1v) is 6.13. The van der Waals surface area contributed by atoms with Gasteiger partial charge in [0.15, 0.2) is 5.58 Å². The minimum atomic E-state index is -0.100. The van der Waals surface area contributed by atoms with Gasteiger partial charge in [-0.05, 0) is 24.6 Å². The van der Waals surface area contributed by atoms with E-state index in [0.29, 0.717) is 29.1 Å². The second kappa shape index (κ2) is 3.34. The molecule has 4 rings (SSSR count). The lowest BCUT2D eigenvalue weighted by atomic mass is 10.3. The highest BCUT2D eigenvalue weighted by Gasteiger charge is 2.58. The Labute approximate surface area is 108 Å². The van der Waals surface area contributed by atoms with Gasteiger partial charge in [0.1, 0.15) is 12.1 Å². The van der Waals surface area contributed by atoms with Crippen molar-refractivity contribution in [3.63, 3.8) is 0 Å². The minimum Gasteiger partial charge on any atom is -0.439 e. The number of nitrogen functional groups attached to an aromatic ring is 1. The molecule has 96 valence electrons. The van der Waals surface area contributed by atoms with Crippen LogP contribution >= 0.6 is 0 Å². The van der Waals surface area contributed by atoms with E-state index >= 15 is 0 Å². The molecule has 2 aromatic rings. The van der Waals surface area contributed by atoms with Crippen molar-refractivity contribution >= 4 is 28.6 Å². The van der Waals surface area contributed by atoms with Gasteiger partial charge in [0, 0.05) is 5.69 Å². The van der Waals surface area contributed by atoms with Crippen LogP contribution in [0.15, 0.2) is 22.6 Å². The maximum atomic E-state index is 11.8. The van der Waals surface area contributed by atoms with Crippen molar-refractivity contribution in [2.45, 2.75) is 13.0 Å². The zero-order valence-corrected chi connectivity index (χ0v) is 10.00. The Kier molecular flexibility index (Phi) is 1.86. The monoisotopic (exact) mass is 257 g/mol. The van der Waals surface area contributed by atoms with E-state index in [-0.39, 0.29) is 30.2 Å². The van der Waals surface area contributed by atoms with E-state index in [1.165, 1.54) is 4.90 Å². The summed E-state index contributed by atoms with van der Waals surface area (Å²) in [5, 5.41) is 0. The van der Waals surface area contributed by atoms with Crippen LogP contribution in [-0.2, 0) is 16.1 Å². The third kappa shape index (κ3) is 1.46. The van der Waals surface area contributed by atoms with Gasteiger partial charge in [0.2, 0.25) is 17.7 Å². The van der Waals surface area contributed by atoms with Gasteiger partial charge in [-0.2, -0.15) is 0 Å². The second-order valence-corrected chi connectivity index (χ2v) is 5.05. The van der Waals surface area contributed by atoms with Crippen molar-refractivity contribution in [1.29, 1.82) is 0 Å². The van der Waals surface area contributed by atoms with Gasteiger partial charge >= 0.3 is 0 Å². The van der Waals surface area contributed by atoms with Gasteiger partial charge in [-0.15, -0.1) is 0 Å². The van der Waals surface area contributed by atoms with Gasteiger partial charge in [-0.1, -0.05) is 0 Å². The minimum absolute atomic E-state index is 0.0903. The first-order chi connectivity index (χ1) is 9.13. The first kappa shape index (κ1) is 10.5. The molecule has 2 amide bonds. The molecule has 19 heavy (non-hydrogen) atoms. The van der Waals surface area contributed by atoms with Gasteiger partial charge in [-0.25, -0.2) is 4.98 Å². The number of piperidine rings is 1. The number of likely N-dealkylation sites (tertiary alicyclic amines) is 1. The third-order valence-corrected chi connectivity index (χ3v) is 3.71. The molecule has 0 spiro atoms. The van der Waals surface area contributed by atoms with E-state index in [1.54, 1.807) is 18.2 Å². The highest BCUT2D eigenvalue weighted by Crippen LogP contribution is 2.47. The molecule has 0 bridgehead atoms. The predicted octanol–water partition coefficient (Wildman–Crippen LogP) is 0.915. The van der Waals surface area contributed by atoms with E-state index in [4.69, 9.17) is 10.2 Å². The van der Waals surface area contributed by atoms with E-state index in [9.17, 15) is 9.59 Å². The zero-order valence-electron chi connectivity index (χ0n) is 10.00. The predicted molar refractivity (Wildman–Crippen MR) is 65.6 cm³/mol. The Morgan fingerprint density at radius 1 is 1.32 bits per heavy atom. The van der Waals surface area contributed by atoms with Crippen molar-refractivity contribution in [3.05, 3.63) is 24.1 Å². The fraction of sp³-hybridized carbons (Fsp3) is 0.308. The topological polar surface area (TPSA) is 89.4 Å². The lowest BCUT2D eigenvalue weighted by Crippen LogP contribution is -2.32. The third-order valence-electron chi connectivity index (χ3n) is 3.71. The quantitative estimate of drug-likeness (QED) is 0.638. The van der Waals surface area contributed by atoms with Crippen LogP contribution in [0, 0.1) is 11.8 Å². The molecular weight excluding hydrogens is 246 g/mol. The molecule has 1 aromatic heterocycles. The number of oxazole rings is 1. The lowest BCUT2D eigenvalue weighted by Gasteiger charge is -2.13. The van der Waals surface area contributed by atoms with E-state index in [0.717, 1.165) is 0 Å². The number of carbonyl (C=O) groups excluding carboxylic acids is 2. The average molecular weight is 257 g/mol. The van der Waals surface area contributed by atoms with Crippen LogP contribution < -0.4 is 5.73 Å².